The Morgan fingerprint density at radius 3 is 2.25 bits per heavy atom. The summed E-state index contributed by atoms with van der Waals surface area (Å²) in [6.45, 7) is 2.97. The van der Waals surface area contributed by atoms with Gasteiger partial charge in [-0.15, -0.1) is 0 Å². The third-order valence-electron chi connectivity index (χ3n) is 5.70. The predicted octanol–water partition coefficient (Wildman–Crippen LogP) is 4.31. The summed E-state index contributed by atoms with van der Waals surface area (Å²) in [4.78, 5) is 0.362. The molecule has 0 N–H and O–H groups in total. The Labute approximate surface area is 145 Å². The first-order valence-corrected chi connectivity index (χ1v) is 10.6. The molecule has 1 unspecified atom stereocenters. The molecule has 3 nitrogen and oxygen atoms in total. The zero-order valence-electron chi connectivity index (χ0n) is 14.5. The summed E-state index contributed by atoms with van der Waals surface area (Å²) >= 11 is 0. The number of benzene rings is 1. The highest BCUT2D eigenvalue weighted by Crippen LogP contribution is 2.35. The molecular formula is C19H28FNO2S. The van der Waals surface area contributed by atoms with Crippen molar-refractivity contribution < 1.29 is 12.8 Å². The molecule has 0 amide bonds. The Bertz CT molecular complexity index is 630. The van der Waals surface area contributed by atoms with E-state index >= 15 is 0 Å². The van der Waals surface area contributed by atoms with Crippen molar-refractivity contribution >= 4 is 10.0 Å². The Morgan fingerprint density at radius 1 is 1.08 bits per heavy atom. The minimum atomic E-state index is -3.41. The number of piperidine rings is 1. The maximum Gasteiger partial charge on any atom is 0.243 e. The van der Waals surface area contributed by atoms with Crippen molar-refractivity contribution in [2.75, 3.05) is 13.1 Å². The second-order valence-corrected chi connectivity index (χ2v) is 9.39. The molecule has 5 heteroatoms. The van der Waals surface area contributed by atoms with Crippen molar-refractivity contribution in [2.24, 2.45) is 11.8 Å². The van der Waals surface area contributed by atoms with Crippen LogP contribution in [0, 0.1) is 18.8 Å². The number of alkyl halides is 1. The van der Waals surface area contributed by atoms with Crippen molar-refractivity contribution in [1.82, 2.24) is 4.31 Å². The van der Waals surface area contributed by atoms with E-state index in [1.807, 2.05) is 19.1 Å². The molecule has 1 saturated carbocycles. The lowest BCUT2D eigenvalue weighted by atomic mass is 9.87. The Hall–Kier alpha value is -0.940. The van der Waals surface area contributed by atoms with Crippen molar-refractivity contribution in [3.05, 3.63) is 29.8 Å². The topological polar surface area (TPSA) is 37.4 Å². The quantitative estimate of drug-likeness (QED) is 0.791. The summed E-state index contributed by atoms with van der Waals surface area (Å²) in [6, 6.07) is 7.01. The first-order chi connectivity index (χ1) is 11.5. The minimum absolute atomic E-state index is 0.249. The van der Waals surface area contributed by atoms with Crippen molar-refractivity contribution in [3.8, 4) is 0 Å². The average Bonchev–Trinajstić information content (AvgIpc) is 3.10. The largest absolute Gasteiger partial charge is 0.247 e. The van der Waals surface area contributed by atoms with Crippen LogP contribution >= 0.6 is 0 Å². The fourth-order valence-electron chi connectivity index (χ4n) is 4.07. The fraction of sp³-hybridized carbons (Fsp3) is 0.684. The fourth-order valence-corrected chi connectivity index (χ4v) is 5.54. The lowest BCUT2D eigenvalue weighted by molar-refractivity contribution is 0.158. The molecule has 2 aliphatic rings. The van der Waals surface area contributed by atoms with Gasteiger partial charge < -0.3 is 0 Å². The molecule has 1 saturated heterocycles. The maximum absolute atomic E-state index is 14.4. The van der Waals surface area contributed by atoms with E-state index < -0.39 is 16.2 Å². The molecule has 1 aliphatic heterocycles. The van der Waals surface area contributed by atoms with Crippen LogP contribution in [0.2, 0.25) is 0 Å². The van der Waals surface area contributed by atoms with E-state index in [1.54, 1.807) is 16.4 Å². The number of sulfonamides is 1. The second-order valence-electron chi connectivity index (χ2n) is 7.46. The number of rotatable bonds is 5. The van der Waals surface area contributed by atoms with E-state index in [4.69, 9.17) is 0 Å². The van der Waals surface area contributed by atoms with Crippen molar-refractivity contribution in [3.63, 3.8) is 0 Å². The first-order valence-electron chi connectivity index (χ1n) is 9.17. The Balaban J connectivity index is 1.55. The number of nitrogens with zero attached hydrogens (tertiary/aromatic N) is 1. The van der Waals surface area contributed by atoms with E-state index in [0.717, 1.165) is 31.2 Å². The summed E-state index contributed by atoms with van der Waals surface area (Å²) in [5.74, 6) is 0.574. The van der Waals surface area contributed by atoms with Gasteiger partial charge in [-0.1, -0.05) is 30.5 Å². The monoisotopic (exact) mass is 353 g/mol. The molecule has 1 aliphatic carbocycles. The highest BCUT2D eigenvalue weighted by molar-refractivity contribution is 7.89. The first kappa shape index (κ1) is 17.9. The molecule has 0 spiro atoms. The van der Waals surface area contributed by atoms with Crippen LogP contribution in [0.4, 0.5) is 4.39 Å². The van der Waals surface area contributed by atoms with Crippen molar-refractivity contribution in [2.45, 2.75) is 62.9 Å². The molecule has 134 valence electrons. The molecule has 1 heterocycles. The Morgan fingerprint density at radius 2 is 1.67 bits per heavy atom. The van der Waals surface area contributed by atoms with Crippen LogP contribution in [0.15, 0.2) is 29.2 Å². The van der Waals surface area contributed by atoms with Crippen LogP contribution in [0.1, 0.15) is 50.5 Å². The van der Waals surface area contributed by atoms with Gasteiger partial charge in [-0.3, -0.25) is 0 Å². The lowest BCUT2D eigenvalue weighted by Crippen LogP contribution is -2.39. The van der Waals surface area contributed by atoms with Crippen molar-refractivity contribution in [1.29, 1.82) is 0 Å². The van der Waals surface area contributed by atoms with Gasteiger partial charge in [0.15, 0.2) is 0 Å². The number of aryl methyl sites for hydroxylation is 1. The Kier molecular flexibility index (Phi) is 5.60. The summed E-state index contributed by atoms with van der Waals surface area (Å²) in [6.07, 6.45) is 5.86. The van der Waals surface area contributed by atoms with Gasteiger partial charge in [-0.2, -0.15) is 4.31 Å². The number of hydrogen-bond donors (Lipinski definition) is 0. The summed E-state index contributed by atoms with van der Waals surface area (Å²) in [7, 11) is -3.41. The molecule has 1 aromatic rings. The molecular weight excluding hydrogens is 325 g/mol. The van der Waals surface area contributed by atoms with Crippen LogP contribution in [0.5, 0.6) is 0 Å². The van der Waals surface area contributed by atoms with Crippen LogP contribution in [-0.2, 0) is 10.0 Å². The van der Waals surface area contributed by atoms with Gasteiger partial charge >= 0.3 is 0 Å². The van der Waals surface area contributed by atoms with E-state index in [-0.39, 0.29) is 5.92 Å². The third-order valence-corrected chi connectivity index (χ3v) is 7.61. The SMILES string of the molecule is Cc1ccc(S(=O)(=O)N2CCC(CC(F)C3CCCC3)CC2)cc1. The van der Waals surface area contributed by atoms with E-state index in [0.29, 0.717) is 30.3 Å². The average molecular weight is 354 g/mol. The molecule has 0 aromatic heterocycles. The van der Waals surface area contributed by atoms with Crippen LogP contribution in [0.25, 0.3) is 0 Å². The predicted molar refractivity (Wildman–Crippen MR) is 94.1 cm³/mol. The van der Waals surface area contributed by atoms with Gasteiger partial charge in [0.2, 0.25) is 10.0 Å². The molecule has 3 rings (SSSR count). The molecule has 24 heavy (non-hydrogen) atoms. The lowest BCUT2D eigenvalue weighted by Gasteiger charge is -2.32. The van der Waals surface area contributed by atoms with Gasteiger partial charge in [-0.05, 0) is 63.0 Å². The molecule has 0 bridgehead atoms. The second kappa shape index (κ2) is 7.52. The highest BCUT2D eigenvalue weighted by Gasteiger charge is 2.32. The van der Waals surface area contributed by atoms with Crippen LogP contribution in [0.3, 0.4) is 0 Å². The molecule has 0 radical (unpaired) electrons. The molecule has 1 aromatic carbocycles. The summed E-state index contributed by atoms with van der Waals surface area (Å²) in [5, 5.41) is 0. The third kappa shape index (κ3) is 3.99. The van der Waals surface area contributed by atoms with Crippen LogP contribution < -0.4 is 0 Å². The normalized spacial score (nSPS) is 22.8. The van der Waals surface area contributed by atoms with E-state index in [1.165, 1.54) is 12.8 Å². The van der Waals surface area contributed by atoms with E-state index in [2.05, 4.69) is 0 Å². The van der Waals surface area contributed by atoms with E-state index in [9.17, 15) is 12.8 Å². The van der Waals surface area contributed by atoms with Gasteiger partial charge in [0.1, 0.15) is 6.17 Å². The van der Waals surface area contributed by atoms with Gasteiger partial charge in [0, 0.05) is 13.1 Å². The molecule has 1 atom stereocenters. The standard InChI is InChI=1S/C19H28FNO2S/c1-15-6-8-18(9-7-15)24(22,23)21-12-10-16(11-13-21)14-19(20)17-4-2-3-5-17/h6-9,16-17,19H,2-5,10-14H2,1H3. The zero-order chi connectivity index (χ0) is 17.2. The van der Waals surface area contributed by atoms with Gasteiger partial charge in [-0.25, -0.2) is 12.8 Å². The smallest absolute Gasteiger partial charge is 0.243 e. The van der Waals surface area contributed by atoms with Gasteiger partial charge in [0.05, 0.1) is 4.90 Å². The zero-order valence-corrected chi connectivity index (χ0v) is 15.3. The summed E-state index contributed by atoms with van der Waals surface area (Å²) in [5.41, 5.74) is 1.05. The van der Waals surface area contributed by atoms with Gasteiger partial charge in [0.25, 0.3) is 0 Å². The maximum atomic E-state index is 14.4. The van der Waals surface area contributed by atoms with Crippen LogP contribution in [-0.4, -0.2) is 32.0 Å². The summed E-state index contributed by atoms with van der Waals surface area (Å²) < 4.78 is 41.3. The highest BCUT2D eigenvalue weighted by atomic mass is 32.2. The number of hydrogen-bond acceptors (Lipinski definition) is 2. The number of halogens is 1. The minimum Gasteiger partial charge on any atom is -0.247 e. The molecule has 2 fully saturated rings.